The van der Waals surface area contributed by atoms with Crippen LogP contribution in [-0.2, 0) is 15.3 Å². The molecule has 3 rings (SSSR count). The molecule has 6 nitrogen and oxygen atoms in total. The zero-order chi connectivity index (χ0) is 23.8. The summed E-state index contributed by atoms with van der Waals surface area (Å²) in [7, 11) is 1.68. The van der Waals surface area contributed by atoms with Gasteiger partial charge >= 0.3 is 0 Å². The van der Waals surface area contributed by atoms with Gasteiger partial charge in [0.2, 0.25) is 0 Å². The predicted octanol–water partition coefficient (Wildman–Crippen LogP) is 5.55. The van der Waals surface area contributed by atoms with Gasteiger partial charge in [-0.3, -0.25) is 4.79 Å². The first-order chi connectivity index (χ1) is 15.9. The van der Waals surface area contributed by atoms with E-state index in [4.69, 9.17) is 4.74 Å². The molecule has 0 spiro atoms. The summed E-state index contributed by atoms with van der Waals surface area (Å²) in [5.41, 5.74) is 4.66. The number of benzene rings is 1. The zero-order valence-corrected chi connectivity index (χ0v) is 20.1. The van der Waals surface area contributed by atoms with Crippen LogP contribution in [-0.4, -0.2) is 29.2 Å². The standard InChI is InChI=1S/C26H28N4O2S/c1-18-12-22(20(3)30(18)19(2)16-32-4)14-23(15-27)26(31)29-24-9-7-8-21(13-24)17-33-25-10-5-6-11-28-25/h5-14,19H,16-17H2,1-4H3,(H,29,31)/b23-14+. The molecule has 1 atom stereocenters. The number of amides is 1. The monoisotopic (exact) mass is 460 g/mol. The van der Waals surface area contributed by atoms with Gasteiger partial charge in [-0.25, -0.2) is 4.98 Å². The fourth-order valence-corrected chi connectivity index (χ4v) is 4.58. The van der Waals surface area contributed by atoms with Crippen molar-refractivity contribution in [2.45, 2.75) is 37.6 Å². The lowest BCUT2D eigenvalue weighted by molar-refractivity contribution is -0.112. The van der Waals surface area contributed by atoms with Crippen LogP contribution in [0.4, 0.5) is 5.69 Å². The Kier molecular flexibility index (Phi) is 8.47. The van der Waals surface area contributed by atoms with Crippen molar-refractivity contribution in [1.82, 2.24) is 9.55 Å². The number of hydrogen-bond acceptors (Lipinski definition) is 5. The molecule has 3 aromatic rings. The van der Waals surface area contributed by atoms with Crippen LogP contribution in [0.15, 0.2) is 65.3 Å². The zero-order valence-electron chi connectivity index (χ0n) is 19.3. The van der Waals surface area contributed by atoms with E-state index in [-0.39, 0.29) is 11.6 Å². The summed E-state index contributed by atoms with van der Waals surface area (Å²) in [6.07, 6.45) is 3.42. The lowest BCUT2D eigenvalue weighted by Gasteiger charge is -2.17. The van der Waals surface area contributed by atoms with Gasteiger partial charge in [-0.15, -0.1) is 11.8 Å². The first kappa shape index (κ1) is 24.3. The number of nitrogens with one attached hydrogen (secondary N) is 1. The average molecular weight is 461 g/mol. The number of pyridine rings is 1. The molecule has 0 aliphatic rings. The van der Waals surface area contributed by atoms with Gasteiger partial charge in [0.15, 0.2) is 0 Å². The largest absolute Gasteiger partial charge is 0.383 e. The lowest BCUT2D eigenvalue weighted by Crippen LogP contribution is -2.14. The van der Waals surface area contributed by atoms with Crippen LogP contribution < -0.4 is 5.32 Å². The van der Waals surface area contributed by atoms with Gasteiger partial charge in [-0.2, -0.15) is 5.26 Å². The Balaban J connectivity index is 1.73. The van der Waals surface area contributed by atoms with Crippen molar-refractivity contribution in [1.29, 1.82) is 5.26 Å². The van der Waals surface area contributed by atoms with Gasteiger partial charge < -0.3 is 14.6 Å². The molecule has 0 saturated heterocycles. The van der Waals surface area contributed by atoms with Crippen molar-refractivity contribution >= 4 is 29.4 Å². The molecule has 0 bridgehead atoms. The van der Waals surface area contributed by atoms with Crippen molar-refractivity contribution in [3.8, 4) is 6.07 Å². The summed E-state index contributed by atoms with van der Waals surface area (Å²) < 4.78 is 7.44. The number of aromatic nitrogens is 2. The topological polar surface area (TPSA) is 79.9 Å². The molecule has 2 aromatic heterocycles. The highest BCUT2D eigenvalue weighted by Crippen LogP contribution is 2.24. The second-order valence-corrected chi connectivity index (χ2v) is 8.78. The Bertz CT molecular complexity index is 1180. The molecule has 33 heavy (non-hydrogen) atoms. The van der Waals surface area contributed by atoms with E-state index in [0.29, 0.717) is 12.3 Å². The number of ether oxygens (including phenoxy) is 1. The molecule has 170 valence electrons. The third-order valence-electron chi connectivity index (χ3n) is 5.25. The second-order valence-electron chi connectivity index (χ2n) is 7.78. The van der Waals surface area contributed by atoms with Gasteiger partial charge in [-0.05, 0) is 68.3 Å². The Morgan fingerprint density at radius 3 is 2.79 bits per heavy atom. The maximum absolute atomic E-state index is 12.8. The third kappa shape index (κ3) is 6.35. The van der Waals surface area contributed by atoms with E-state index < -0.39 is 5.91 Å². The van der Waals surface area contributed by atoms with Crippen molar-refractivity contribution in [3.63, 3.8) is 0 Å². The molecule has 0 fully saturated rings. The van der Waals surface area contributed by atoms with Gasteiger partial charge in [0.25, 0.3) is 5.91 Å². The number of anilines is 1. The molecule has 1 N–H and O–H groups in total. The normalized spacial score (nSPS) is 12.3. The van der Waals surface area contributed by atoms with Crippen LogP contribution >= 0.6 is 11.8 Å². The smallest absolute Gasteiger partial charge is 0.266 e. The first-order valence-electron chi connectivity index (χ1n) is 10.7. The summed E-state index contributed by atoms with van der Waals surface area (Å²) >= 11 is 1.63. The maximum atomic E-state index is 12.8. The summed E-state index contributed by atoms with van der Waals surface area (Å²) in [4.78, 5) is 17.1. The third-order valence-corrected chi connectivity index (χ3v) is 6.26. The number of nitriles is 1. The first-order valence-corrected chi connectivity index (χ1v) is 11.6. The van der Waals surface area contributed by atoms with Crippen LogP contribution in [0.3, 0.4) is 0 Å². The molecule has 0 aliphatic heterocycles. The van der Waals surface area contributed by atoms with Crippen LogP contribution in [0, 0.1) is 25.2 Å². The van der Waals surface area contributed by atoms with Crippen LogP contribution in [0.1, 0.15) is 35.5 Å². The minimum atomic E-state index is -0.429. The Hall–Kier alpha value is -3.34. The van der Waals surface area contributed by atoms with Gasteiger partial charge in [0.05, 0.1) is 17.7 Å². The van der Waals surface area contributed by atoms with E-state index in [9.17, 15) is 10.1 Å². The average Bonchev–Trinajstić information content (AvgIpc) is 3.09. The van der Waals surface area contributed by atoms with Crippen LogP contribution in [0.25, 0.3) is 6.08 Å². The number of rotatable bonds is 9. The molecule has 0 aliphatic carbocycles. The molecule has 7 heteroatoms. The summed E-state index contributed by atoms with van der Waals surface area (Å²) in [5.74, 6) is 0.301. The van der Waals surface area contributed by atoms with E-state index in [2.05, 4.69) is 21.8 Å². The van der Waals surface area contributed by atoms with Gasteiger partial charge in [0, 0.05) is 36.1 Å². The highest BCUT2D eigenvalue weighted by atomic mass is 32.2. The van der Waals surface area contributed by atoms with Gasteiger partial charge in [-0.1, -0.05) is 18.2 Å². The maximum Gasteiger partial charge on any atom is 0.266 e. The highest BCUT2D eigenvalue weighted by Gasteiger charge is 2.16. The quantitative estimate of drug-likeness (QED) is 0.257. The molecule has 0 radical (unpaired) electrons. The van der Waals surface area contributed by atoms with Crippen molar-refractivity contribution < 1.29 is 9.53 Å². The Morgan fingerprint density at radius 2 is 2.09 bits per heavy atom. The molecule has 1 aromatic carbocycles. The van der Waals surface area contributed by atoms with Crippen molar-refractivity contribution in [3.05, 3.63) is 82.8 Å². The van der Waals surface area contributed by atoms with Crippen LogP contribution in [0.5, 0.6) is 0 Å². The fourth-order valence-electron chi connectivity index (χ4n) is 3.77. The number of methoxy groups -OCH3 is 1. The van der Waals surface area contributed by atoms with Crippen molar-refractivity contribution in [2.75, 3.05) is 19.0 Å². The number of carbonyl (C=O) groups excluding carboxylic acids is 1. The number of hydrogen-bond donors (Lipinski definition) is 1. The molecule has 1 unspecified atom stereocenters. The lowest BCUT2D eigenvalue weighted by atomic mass is 10.1. The Labute approximate surface area is 199 Å². The molecule has 1 amide bonds. The van der Waals surface area contributed by atoms with Crippen LogP contribution in [0.2, 0.25) is 0 Å². The molecular formula is C26H28N4O2S. The summed E-state index contributed by atoms with van der Waals surface area (Å²) in [6, 6.07) is 17.6. The number of carbonyl (C=O) groups is 1. The number of aryl methyl sites for hydroxylation is 1. The summed E-state index contributed by atoms with van der Waals surface area (Å²) in [6.45, 7) is 6.66. The fraction of sp³-hybridized carbons (Fsp3) is 0.269. The SMILES string of the molecule is COCC(C)n1c(C)cc(/C=C(\C#N)C(=O)Nc2cccc(CSc3ccccn3)c2)c1C. The number of thioether (sulfide) groups is 1. The summed E-state index contributed by atoms with van der Waals surface area (Å²) in [5, 5.41) is 13.4. The highest BCUT2D eigenvalue weighted by molar-refractivity contribution is 7.98. The molecule has 2 heterocycles. The minimum Gasteiger partial charge on any atom is -0.383 e. The van der Waals surface area contributed by atoms with E-state index in [1.165, 1.54) is 0 Å². The van der Waals surface area contributed by atoms with Crippen molar-refractivity contribution in [2.24, 2.45) is 0 Å². The van der Waals surface area contributed by atoms with E-state index in [1.54, 1.807) is 31.1 Å². The molecular weight excluding hydrogens is 432 g/mol. The Morgan fingerprint density at radius 1 is 1.27 bits per heavy atom. The van der Waals surface area contributed by atoms with E-state index >= 15 is 0 Å². The van der Waals surface area contributed by atoms with E-state index in [1.807, 2.05) is 68.4 Å². The predicted molar refractivity (Wildman–Crippen MR) is 133 cm³/mol. The number of nitrogens with zero attached hydrogens (tertiary/aromatic N) is 3. The van der Waals surface area contributed by atoms with Gasteiger partial charge in [0.1, 0.15) is 11.6 Å². The minimum absolute atomic E-state index is 0.0582. The second kappa shape index (κ2) is 11.5. The van der Waals surface area contributed by atoms with E-state index in [0.717, 1.165) is 33.3 Å². The molecule has 0 saturated carbocycles.